The van der Waals surface area contributed by atoms with E-state index >= 15 is 0 Å². The second-order valence-corrected chi connectivity index (χ2v) is 4.59. The van der Waals surface area contributed by atoms with Crippen molar-refractivity contribution in [3.05, 3.63) is 0 Å². The maximum Gasteiger partial charge on any atom is 0.316 e. The summed E-state index contributed by atoms with van der Waals surface area (Å²) in [7, 11) is 0. The summed E-state index contributed by atoms with van der Waals surface area (Å²) >= 11 is 0. The molecule has 4 heteroatoms. The van der Waals surface area contributed by atoms with Crippen molar-refractivity contribution in [2.75, 3.05) is 6.61 Å². The van der Waals surface area contributed by atoms with Gasteiger partial charge < -0.3 is 4.74 Å². The van der Waals surface area contributed by atoms with Gasteiger partial charge in [-0.3, -0.25) is 14.4 Å². The molecule has 0 rings (SSSR count). The molecule has 0 aliphatic heterocycles. The first-order valence-electron chi connectivity index (χ1n) is 6.07. The van der Waals surface area contributed by atoms with Gasteiger partial charge in [-0.05, 0) is 26.2 Å². The molecule has 0 aliphatic carbocycles. The van der Waals surface area contributed by atoms with Gasteiger partial charge in [0, 0.05) is 12.8 Å². The standard InChI is InChI=1S/C13H22O4/c1-5-17-13(16)12(10(4)14)7-6-11(15)8-9(2)3/h9,12H,5-8H2,1-4H3/t12-/m0/s1. The van der Waals surface area contributed by atoms with Crippen LogP contribution in [0.15, 0.2) is 0 Å². The Morgan fingerprint density at radius 3 is 2.18 bits per heavy atom. The highest BCUT2D eigenvalue weighted by molar-refractivity contribution is 5.98. The highest BCUT2D eigenvalue weighted by atomic mass is 16.5. The molecule has 17 heavy (non-hydrogen) atoms. The van der Waals surface area contributed by atoms with E-state index in [0.29, 0.717) is 12.3 Å². The molecule has 4 nitrogen and oxygen atoms in total. The van der Waals surface area contributed by atoms with Crippen LogP contribution in [0.5, 0.6) is 0 Å². The van der Waals surface area contributed by atoms with Crippen molar-refractivity contribution in [3.63, 3.8) is 0 Å². The maximum absolute atomic E-state index is 11.5. The monoisotopic (exact) mass is 242 g/mol. The summed E-state index contributed by atoms with van der Waals surface area (Å²) in [5.41, 5.74) is 0. The van der Waals surface area contributed by atoms with Gasteiger partial charge in [0.15, 0.2) is 0 Å². The normalized spacial score (nSPS) is 12.3. The third kappa shape index (κ3) is 6.87. The van der Waals surface area contributed by atoms with E-state index < -0.39 is 11.9 Å². The zero-order valence-corrected chi connectivity index (χ0v) is 11.1. The molecule has 0 saturated carbocycles. The fraction of sp³-hybridized carbons (Fsp3) is 0.769. The summed E-state index contributed by atoms with van der Waals surface area (Å²) in [6.45, 7) is 7.23. The second-order valence-electron chi connectivity index (χ2n) is 4.59. The predicted octanol–water partition coefficient (Wildman–Crippen LogP) is 2.15. The Morgan fingerprint density at radius 1 is 1.18 bits per heavy atom. The first kappa shape index (κ1) is 15.8. The molecule has 0 heterocycles. The van der Waals surface area contributed by atoms with E-state index in [9.17, 15) is 14.4 Å². The van der Waals surface area contributed by atoms with E-state index in [1.807, 2.05) is 13.8 Å². The number of carbonyl (C=O) groups is 3. The maximum atomic E-state index is 11.5. The molecule has 1 atom stereocenters. The number of esters is 1. The minimum Gasteiger partial charge on any atom is -0.465 e. The molecule has 0 spiro atoms. The number of ether oxygens (including phenoxy) is 1. The first-order valence-corrected chi connectivity index (χ1v) is 6.07. The Hall–Kier alpha value is -1.19. The van der Waals surface area contributed by atoms with Crippen molar-refractivity contribution in [1.82, 2.24) is 0 Å². The molecule has 98 valence electrons. The fourth-order valence-corrected chi connectivity index (χ4v) is 1.59. The molecule has 0 aliphatic rings. The molecule has 0 aromatic heterocycles. The lowest BCUT2D eigenvalue weighted by molar-refractivity contribution is -0.151. The first-order chi connectivity index (χ1) is 7.88. The SMILES string of the molecule is CCOC(=O)[C@@H](CCC(=O)CC(C)C)C(C)=O. The Kier molecular flexibility index (Phi) is 7.42. The number of Topliss-reactive ketones (excluding diaryl/α,β-unsaturated/α-hetero) is 2. The van der Waals surface area contributed by atoms with Gasteiger partial charge in [-0.1, -0.05) is 13.8 Å². The third-order valence-electron chi connectivity index (χ3n) is 2.41. The van der Waals surface area contributed by atoms with Crippen LogP contribution in [0.25, 0.3) is 0 Å². The zero-order valence-electron chi connectivity index (χ0n) is 11.1. The van der Waals surface area contributed by atoms with E-state index in [2.05, 4.69) is 0 Å². The van der Waals surface area contributed by atoms with E-state index in [-0.39, 0.29) is 31.0 Å². The second kappa shape index (κ2) is 7.98. The smallest absolute Gasteiger partial charge is 0.316 e. The Labute approximate surface area is 103 Å². The molecular formula is C13H22O4. The summed E-state index contributed by atoms with van der Waals surface area (Å²) in [5.74, 6) is -1.14. The van der Waals surface area contributed by atoms with Crippen molar-refractivity contribution >= 4 is 17.5 Å². The number of carbonyl (C=O) groups excluding carboxylic acids is 3. The van der Waals surface area contributed by atoms with Crippen LogP contribution in [0, 0.1) is 11.8 Å². The van der Waals surface area contributed by atoms with E-state index in [4.69, 9.17) is 4.74 Å². The van der Waals surface area contributed by atoms with Crippen LogP contribution < -0.4 is 0 Å². The molecule has 0 amide bonds. The van der Waals surface area contributed by atoms with E-state index in [1.54, 1.807) is 6.92 Å². The molecule has 0 bridgehead atoms. The summed E-state index contributed by atoms with van der Waals surface area (Å²) in [6.07, 6.45) is 1.02. The van der Waals surface area contributed by atoms with E-state index in [1.165, 1.54) is 6.92 Å². The predicted molar refractivity (Wildman–Crippen MR) is 64.5 cm³/mol. The van der Waals surface area contributed by atoms with Crippen LogP contribution in [-0.4, -0.2) is 24.1 Å². The Balaban J connectivity index is 4.23. The molecule has 0 aromatic rings. The molecule has 0 aromatic carbocycles. The van der Waals surface area contributed by atoms with Gasteiger partial charge >= 0.3 is 5.97 Å². The fourth-order valence-electron chi connectivity index (χ4n) is 1.59. The average Bonchev–Trinajstić information content (AvgIpc) is 2.16. The van der Waals surface area contributed by atoms with Crippen LogP contribution in [0.2, 0.25) is 0 Å². The van der Waals surface area contributed by atoms with Gasteiger partial charge in [0.25, 0.3) is 0 Å². The van der Waals surface area contributed by atoms with Gasteiger partial charge in [-0.2, -0.15) is 0 Å². The Morgan fingerprint density at radius 2 is 1.76 bits per heavy atom. The summed E-state index contributed by atoms with van der Waals surface area (Å²) < 4.78 is 4.81. The molecule has 0 N–H and O–H groups in total. The van der Waals surface area contributed by atoms with Crippen molar-refractivity contribution in [2.45, 2.75) is 47.0 Å². The quantitative estimate of drug-likeness (QED) is 0.483. The number of rotatable bonds is 8. The van der Waals surface area contributed by atoms with Gasteiger partial charge in [0.2, 0.25) is 0 Å². The lowest BCUT2D eigenvalue weighted by atomic mass is 9.95. The van der Waals surface area contributed by atoms with Gasteiger partial charge in [0.05, 0.1) is 6.61 Å². The summed E-state index contributed by atoms with van der Waals surface area (Å²) in [6, 6.07) is 0. The van der Waals surface area contributed by atoms with Crippen molar-refractivity contribution in [3.8, 4) is 0 Å². The lowest BCUT2D eigenvalue weighted by Gasteiger charge is -2.12. The number of hydrogen-bond donors (Lipinski definition) is 0. The molecule has 0 unspecified atom stereocenters. The minimum absolute atomic E-state index is 0.0931. The lowest BCUT2D eigenvalue weighted by Crippen LogP contribution is -2.25. The topological polar surface area (TPSA) is 60.4 Å². The van der Waals surface area contributed by atoms with E-state index in [0.717, 1.165) is 0 Å². The molecular weight excluding hydrogens is 220 g/mol. The molecule has 0 fully saturated rings. The van der Waals surface area contributed by atoms with Crippen LogP contribution in [0.4, 0.5) is 0 Å². The van der Waals surface area contributed by atoms with Gasteiger partial charge in [0.1, 0.15) is 17.5 Å². The molecule has 0 radical (unpaired) electrons. The van der Waals surface area contributed by atoms with Crippen LogP contribution >= 0.6 is 0 Å². The van der Waals surface area contributed by atoms with Crippen molar-refractivity contribution < 1.29 is 19.1 Å². The minimum atomic E-state index is -0.786. The van der Waals surface area contributed by atoms with Crippen LogP contribution in [0.3, 0.4) is 0 Å². The highest BCUT2D eigenvalue weighted by Gasteiger charge is 2.25. The third-order valence-corrected chi connectivity index (χ3v) is 2.41. The number of ketones is 2. The zero-order chi connectivity index (χ0) is 13.4. The molecule has 0 saturated heterocycles. The van der Waals surface area contributed by atoms with Gasteiger partial charge in [-0.15, -0.1) is 0 Å². The van der Waals surface area contributed by atoms with Crippen LogP contribution in [0.1, 0.15) is 47.0 Å². The highest BCUT2D eigenvalue weighted by Crippen LogP contribution is 2.13. The summed E-state index contributed by atoms with van der Waals surface area (Å²) in [5, 5.41) is 0. The summed E-state index contributed by atoms with van der Waals surface area (Å²) in [4.78, 5) is 34.2. The Bertz CT molecular complexity index is 281. The average molecular weight is 242 g/mol. The van der Waals surface area contributed by atoms with Crippen LogP contribution in [-0.2, 0) is 19.1 Å². The van der Waals surface area contributed by atoms with Crippen molar-refractivity contribution in [1.29, 1.82) is 0 Å². The van der Waals surface area contributed by atoms with Crippen molar-refractivity contribution in [2.24, 2.45) is 11.8 Å². The number of hydrogen-bond acceptors (Lipinski definition) is 4. The van der Waals surface area contributed by atoms with Gasteiger partial charge in [-0.25, -0.2) is 0 Å². The largest absolute Gasteiger partial charge is 0.465 e.